The van der Waals surface area contributed by atoms with Crippen LogP contribution in [0.15, 0.2) is 42.5 Å². The topological polar surface area (TPSA) is 76.7 Å². The van der Waals surface area contributed by atoms with Gasteiger partial charge in [0, 0.05) is 0 Å². The first-order valence-electron chi connectivity index (χ1n) is 8.23. The number of benzene rings is 2. The zero-order valence-corrected chi connectivity index (χ0v) is 15.2. The van der Waals surface area contributed by atoms with Crippen LogP contribution in [0.25, 0.3) is 0 Å². The number of nitrogens with one attached hydrogen (secondary N) is 2. The first kappa shape index (κ1) is 21.1. The lowest BCUT2D eigenvalue weighted by atomic mass is 10.1. The van der Waals surface area contributed by atoms with Crippen LogP contribution in [0.5, 0.6) is 11.5 Å². The van der Waals surface area contributed by atoms with E-state index in [0.717, 1.165) is 23.3 Å². The molecule has 0 aromatic heterocycles. The van der Waals surface area contributed by atoms with Crippen molar-refractivity contribution in [2.24, 2.45) is 0 Å². The fourth-order valence-corrected chi connectivity index (χ4v) is 2.08. The summed E-state index contributed by atoms with van der Waals surface area (Å²) in [5, 5.41) is 0. The van der Waals surface area contributed by atoms with Crippen molar-refractivity contribution in [2.45, 2.75) is 20.0 Å². The van der Waals surface area contributed by atoms with Crippen LogP contribution in [0, 0.1) is 13.8 Å². The van der Waals surface area contributed by atoms with E-state index in [2.05, 4.69) is 10.9 Å². The number of ether oxygens (including phenoxy) is 2. The average Bonchev–Trinajstić information content (AvgIpc) is 2.65. The van der Waals surface area contributed by atoms with Crippen LogP contribution in [-0.2, 0) is 15.8 Å². The summed E-state index contributed by atoms with van der Waals surface area (Å²) in [4.78, 5) is 23.3. The molecule has 0 fully saturated rings. The van der Waals surface area contributed by atoms with E-state index >= 15 is 0 Å². The molecule has 2 aromatic rings. The van der Waals surface area contributed by atoms with Gasteiger partial charge in [-0.2, -0.15) is 13.2 Å². The van der Waals surface area contributed by atoms with Gasteiger partial charge in [-0.1, -0.05) is 12.1 Å². The molecule has 2 rings (SSSR count). The molecule has 9 heteroatoms. The highest BCUT2D eigenvalue weighted by atomic mass is 19.4. The van der Waals surface area contributed by atoms with Crippen molar-refractivity contribution in [1.29, 1.82) is 0 Å². The van der Waals surface area contributed by atoms with Gasteiger partial charge < -0.3 is 9.47 Å². The molecular formula is C19H19F3N2O4. The Labute approximate surface area is 159 Å². The highest BCUT2D eigenvalue weighted by Gasteiger charge is 2.30. The summed E-state index contributed by atoms with van der Waals surface area (Å²) in [6.07, 6.45) is -4.51. The number of halogens is 3. The number of hydrogen-bond donors (Lipinski definition) is 2. The maximum atomic E-state index is 12.6. The van der Waals surface area contributed by atoms with Crippen molar-refractivity contribution in [3.8, 4) is 11.5 Å². The fraction of sp³-hybridized carbons (Fsp3) is 0.263. The molecule has 0 bridgehead atoms. The first-order valence-corrected chi connectivity index (χ1v) is 8.23. The highest BCUT2D eigenvalue weighted by molar-refractivity contribution is 5.83. The summed E-state index contributed by atoms with van der Waals surface area (Å²) in [6.45, 7) is 2.96. The van der Waals surface area contributed by atoms with Crippen molar-refractivity contribution < 1.29 is 32.2 Å². The van der Waals surface area contributed by atoms with Gasteiger partial charge in [-0.25, -0.2) is 0 Å². The van der Waals surface area contributed by atoms with Crippen LogP contribution in [-0.4, -0.2) is 25.0 Å². The maximum absolute atomic E-state index is 12.6. The molecule has 0 aliphatic carbocycles. The Morgan fingerprint density at radius 3 is 1.96 bits per heavy atom. The minimum Gasteiger partial charge on any atom is -0.484 e. The van der Waals surface area contributed by atoms with E-state index in [1.165, 1.54) is 12.1 Å². The lowest BCUT2D eigenvalue weighted by Crippen LogP contribution is -2.45. The molecule has 0 unspecified atom stereocenters. The monoisotopic (exact) mass is 396 g/mol. The molecular weight excluding hydrogens is 377 g/mol. The predicted octanol–water partition coefficient (Wildman–Crippen LogP) is 2.93. The Hall–Kier alpha value is -3.23. The maximum Gasteiger partial charge on any atom is 0.416 e. The van der Waals surface area contributed by atoms with Crippen LogP contribution in [0.1, 0.15) is 16.7 Å². The van der Waals surface area contributed by atoms with E-state index in [9.17, 15) is 22.8 Å². The molecule has 6 nitrogen and oxygen atoms in total. The normalized spacial score (nSPS) is 10.9. The minimum absolute atomic E-state index is 0.116. The van der Waals surface area contributed by atoms with Crippen LogP contribution in [0.3, 0.4) is 0 Å². The van der Waals surface area contributed by atoms with Crippen molar-refractivity contribution in [1.82, 2.24) is 10.9 Å². The second-order valence-corrected chi connectivity index (χ2v) is 5.95. The summed E-state index contributed by atoms with van der Waals surface area (Å²) in [6, 6.07) is 9.49. The molecule has 2 aromatic carbocycles. The molecule has 0 radical (unpaired) electrons. The summed E-state index contributed by atoms with van der Waals surface area (Å²) < 4.78 is 48.2. The van der Waals surface area contributed by atoms with E-state index in [1.807, 2.05) is 19.9 Å². The third-order valence-electron chi connectivity index (χ3n) is 3.72. The van der Waals surface area contributed by atoms with Crippen LogP contribution in [0.2, 0.25) is 0 Å². The van der Waals surface area contributed by atoms with Crippen LogP contribution in [0.4, 0.5) is 13.2 Å². The van der Waals surface area contributed by atoms with E-state index in [1.54, 1.807) is 12.1 Å². The molecule has 0 atom stereocenters. The Morgan fingerprint density at radius 1 is 0.857 bits per heavy atom. The molecule has 0 saturated carbocycles. The van der Waals surface area contributed by atoms with E-state index in [4.69, 9.17) is 9.47 Å². The first-order chi connectivity index (χ1) is 13.1. The van der Waals surface area contributed by atoms with Gasteiger partial charge in [-0.3, -0.25) is 20.4 Å². The largest absolute Gasteiger partial charge is 0.484 e. The third kappa shape index (κ3) is 6.49. The van der Waals surface area contributed by atoms with Gasteiger partial charge in [0.25, 0.3) is 11.8 Å². The van der Waals surface area contributed by atoms with E-state index in [-0.39, 0.29) is 12.4 Å². The number of hydrazine groups is 1. The van der Waals surface area contributed by atoms with Crippen LogP contribution < -0.4 is 20.3 Å². The SMILES string of the molecule is Cc1ccc(OCC(=O)NNC(=O)COc2cccc(C(F)(F)F)c2)cc1C. The number of rotatable bonds is 6. The molecule has 0 aliphatic heterocycles. The summed E-state index contributed by atoms with van der Waals surface area (Å²) in [5.41, 5.74) is 5.43. The number of alkyl halides is 3. The molecule has 150 valence electrons. The lowest BCUT2D eigenvalue weighted by molar-refractivity contribution is -0.137. The smallest absolute Gasteiger partial charge is 0.416 e. The van der Waals surface area contributed by atoms with Gasteiger partial charge in [-0.15, -0.1) is 0 Å². The zero-order valence-electron chi connectivity index (χ0n) is 15.2. The van der Waals surface area contributed by atoms with Gasteiger partial charge in [0.05, 0.1) is 5.56 Å². The average molecular weight is 396 g/mol. The van der Waals surface area contributed by atoms with Gasteiger partial charge in [-0.05, 0) is 55.3 Å². The number of carbonyl (C=O) groups excluding carboxylic acids is 2. The predicted molar refractivity (Wildman–Crippen MR) is 94.6 cm³/mol. The molecule has 0 heterocycles. The summed E-state index contributed by atoms with van der Waals surface area (Å²) >= 11 is 0. The summed E-state index contributed by atoms with van der Waals surface area (Å²) in [5.74, 6) is -0.950. The van der Waals surface area contributed by atoms with Crippen molar-refractivity contribution >= 4 is 11.8 Å². The van der Waals surface area contributed by atoms with Gasteiger partial charge in [0.2, 0.25) is 0 Å². The number of hydrogen-bond acceptors (Lipinski definition) is 4. The van der Waals surface area contributed by atoms with Gasteiger partial charge in [0.1, 0.15) is 11.5 Å². The Kier molecular flexibility index (Phi) is 6.86. The Bertz CT molecular complexity index is 853. The highest BCUT2D eigenvalue weighted by Crippen LogP contribution is 2.31. The molecule has 0 saturated heterocycles. The molecule has 0 aliphatic rings. The van der Waals surface area contributed by atoms with Crippen molar-refractivity contribution in [3.05, 3.63) is 59.2 Å². The summed E-state index contributed by atoms with van der Waals surface area (Å²) in [7, 11) is 0. The van der Waals surface area contributed by atoms with Gasteiger partial charge in [0.15, 0.2) is 13.2 Å². The van der Waals surface area contributed by atoms with Crippen molar-refractivity contribution in [2.75, 3.05) is 13.2 Å². The second kappa shape index (κ2) is 9.12. The van der Waals surface area contributed by atoms with E-state index < -0.39 is 30.2 Å². The molecule has 28 heavy (non-hydrogen) atoms. The zero-order chi connectivity index (χ0) is 20.7. The number of aryl methyl sites for hydroxylation is 2. The molecule has 2 amide bonds. The number of carbonyl (C=O) groups is 2. The molecule has 0 spiro atoms. The lowest BCUT2D eigenvalue weighted by Gasteiger charge is -2.11. The Morgan fingerprint density at radius 2 is 1.43 bits per heavy atom. The van der Waals surface area contributed by atoms with Crippen molar-refractivity contribution in [3.63, 3.8) is 0 Å². The Balaban J connectivity index is 1.73. The fourth-order valence-electron chi connectivity index (χ4n) is 2.08. The van der Waals surface area contributed by atoms with Gasteiger partial charge >= 0.3 is 6.18 Å². The van der Waals surface area contributed by atoms with Crippen LogP contribution >= 0.6 is 0 Å². The molecule has 2 N–H and O–H groups in total. The quantitative estimate of drug-likeness (QED) is 0.737. The third-order valence-corrected chi connectivity index (χ3v) is 3.72. The number of amides is 2. The second-order valence-electron chi connectivity index (χ2n) is 5.95. The standard InChI is InChI=1S/C19H19F3N2O4/c1-12-6-7-16(8-13(12)2)28-11-18(26)24-23-17(25)10-27-15-5-3-4-14(9-15)19(20,21)22/h3-9H,10-11H2,1-2H3,(H,23,25)(H,24,26). The van der Waals surface area contributed by atoms with E-state index in [0.29, 0.717) is 5.75 Å². The minimum atomic E-state index is -4.51.